The highest BCUT2D eigenvalue weighted by atomic mass is 16.5. The number of ether oxygens (including phenoxy) is 1. The Morgan fingerprint density at radius 1 is 1.07 bits per heavy atom. The minimum absolute atomic E-state index is 0.0263. The van der Waals surface area contributed by atoms with Crippen LogP contribution in [0, 0.1) is 0 Å². The van der Waals surface area contributed by atoms with E-state index in [1.807, 2.05) is 12.1 Å². The number of hydrogen-bond acceptors (Lipinski definition) is 3. The maximum Gasteiger partial charge on any atom is 0.246 e. The number of benzene rings is 2. The van der Waals surface area contributed by atoms with Gasteiger partial charge in [-0.15, -0.1) is 0 Å². The van der Waals surface area contributed by atoms with E-state index in [1.165, 1.54) is 16.5 Å². The molecule has 0 unspecified atom stereocenters. The van der Waals surface area contributed by atoms with Crippen LogP contribution in [0.3, 0.4) is 0 Å². The number of rotatable bonds is 7. The number of carbonyl (C=O) groups excluding carboxylic acids is 2. The predicted octanol–water partition coefficient (Wildman–Crippen LogP) is 3.93. The van der Waals surface area contributed by atoms with Crippen molar-refractivity contribution < 1.29 is 14.3 Å². The molecule has 0 saturated heterocycles. The fraction of sp³-hybridized carbons (Fsp3) is 0.273. The van der Waals surface area contributed by atoms with Crippen molar-refractivity contribution in [2.24, 2.45) is 0 Å². The number of carbonyl (C=O) groups is 2. The van der Waals surface area contributed by atoms with Gasteiger partial charge in [0, 0.05) is 18.8 Å². The average molecular weight is 366 g/mol. The lowest BCUT2D eigenvalue weighted by Gasteiger charge is -2.15. The van der Waals surface area contributed by atoms with Gasteiger partial charge in [-0.1, -0.05) is 38.1 Å². The summed E-state index contributed by atoms with van der Waals surface area (Å²) in [5, 5.41) is 2.76. The largest absolute Gasteiger partial charge is 0.497 e. The Morgan fingerprint density at radius 2 is 1.70 bits per heavy atom. The first-order chi connectivity index (χ1) is 12.9. The molecule has 2 amide bonds. The lowest BCUT2D eigenvalue weighted by molar-refractivity contribution is -0.129. The molecule has 0 radical (unpaired) electrons. The molecule has 2 aromatic rings. The third kappa shape index (κ3) is 6.29. The third-order valence-electron chi connectivity index (χ3n) is 4.15. The summed E-state index contributed by atoms with van der Waals surface area (Å²) in [6, 6.07) is 15.1. The van der Waals surface area contributed by atoms with Gasteiger partial charge < -0.3 is 15.0 Å². The smallest absolute Gasteiger partial charge is 0.246 e. The predicted molar refractivity (Wildman–Crippen MR) is 109 cm³/mol. The molecule has 0 spiro atoms. The summed E-state index contributed by atoms with van der Waals surface area (Å²) in [5.41, 5.74) is 2.86. The van der Waals surface area contributed by atoms with Crippen LogP contribution < -0.4 is 10.1 Å². The van der Waals surface area contributed by atoms with Gasteiger partial charge in [-0.3, -0.25) is 9.59 Å². The molecule has 0 aromatic heterocycles. The number of hydrogen-bond donors (Lipinski definition) is 1. The molecule has 1 N–H and O–H groups in total. The van der Waals surface area contributed by atoms with E-state index in [1.54, 1.807) is 44.5 Å². The Kier molecular flexibility index (Phi) is 7.17. The maximum atomic E-state index is 12.2. The van der Waals surface area contributed by atoms with Crippen LogP contribution in [0.1, 0.15) is 30.9 Å². The van der Waals surface area contributed by atoms with Gasteiger partial charge in [0.2, 0.25) is 11.8 Å². The second-order valence-electron chi connectivity index (χ2n) is 6.63. The molecule has 142 valence electrons. The Balaban J connectivity index is 1.87. The Hall–Kier alpha value is -3.08. The van der Waals surface area contributed by atoms with Crippen molar-refractivity contribution >= 4 is 23.6 Å². The SMILES string of the molecule is COc1ccc(NC(=O)CN(C)C(=O)/C=C/c2ccc(C(C)C)cc2)cc1. The molecule has 2 aromatic carbocycles. The van der Waals surface area contributed by atoms with Gasteiger partial charge in [0.1, 0.15) is 5.75 Å². The Labute approximate surface area is 160 Å². The van der Waals surface area contributed by atoms with Crippen LogP contribution in [-0.4, -0.2) is 37.4 Å². The summed E-state index contributed by atoms with van der Waals surface area (Å²) < 4.78 is 5.08. The number of methoxy groups -OCH3 is 1. The molecular formula is C22H26N2O3. The molecule has 0 atom stereocenters. The van der Waals surface area contributed by atoms with E-state index >= 15 is 0 Å². The van der Waals surface area contributed by atoms with Crippen LogP contribution >= 0.6 is 0 Å². The van der Waals surface area contributed by atoms with Gasteiger partial charge in [0.25, 0.3) is 0 Å². The van der Waals surface area contributed by atoms with Crippen molar-refractivity contribution in [1.82, 2.24) is 4.90 Å². The summed E-state index contributed by atoms with van der Waals surface area (Å²) in [4.78, 5) is 25.7. The van der Waals surface area contributed by atoms with Crippen LogP contribution in [0.2, 0.25) is 0 Å². The molecule has 0 aliphatic heterocycles. The summed E-state index contributed by atoms with van der Waals surface area (Å²) >= 11 is 0. The van der Waals surface area contributed by atoms with E-state index in [4.69, 9.17) is 4.74 Å². The van der Waals surface area contributed by atoms with Gasteiger partial charge in [0.05, 0.1) is 13.7 Å². The molecule has 0 aliphatic carbocycles. The van der Waals surface area contributed by atoms with Gasteiger partial charge in [-0.2, -0.15) is 0 Å². The molecule has 0 fully saturated rings. The van der Waals surface area contributed by atoms with E-state index in [-0.39, 0.29) is 18.4 Å². The van der Waals surface area contributed by atoms with Gasteiger partial charge in [-0.05, 0) is 47.4 Å². The molecule has 0 heterocycles. The number of anilines is 1. The van der Waals surface area contributed by atoms with Crippen molar-refractivity contribution in [3.05, 3.63) is 65.7 Å². The van der Waals surface area contributed by atoms with Crippen molar-refractivity contribution in [3.63, 3.8) is 0 Å². The molecule has 0 saturated carbocycles. The maximum absolute atomic E-state index is 12.2. The van der Waals surface area contributed by atoms with Gasteiger partial charge in [0.15, 0.2) is 0 Å². The first-order valence-corrected chi connectivity index (χ1v) is 8.86. The fourth-order valence-electron chi connectivity index (χ4n) is 2.45. The van der Waals surface area contributed by atoms with Crippen LogP contribution in [0.15, 0.2) is 54.6 Å². The Bertz CT molecular complexity index is 793. The zero-order valence-electron chi connectivity index (χ0n) is 16.2. The van der Waals surface area contributed by atoms with Crippen LogP contribution in [0.4, 0.5) is 5.69 Å². The van der Waals surface area contributed by atoms with Crippen LogP contribution in [-0.2, 0) is 9.59 Å². The van der Waals surface area contributed by atoms with E-state index in [0.717, 1.165) is 5.56 Å². The minimum atomic E-state index is -0.259. The highest BCUT2D eigenvalue weighted by molar-refractivity contribution is 5.97. The normalized spacial score (nSPS) is 10.9. The summed E-state index contributed by atoms with van der Waals surface area (Å²) in [5.74, 6) is 0.699. The van der Waals surface area contributed by atoms with Gasteiger partial charge in [-0.25, -0.2) is 0 Å². The summed E-state index contributed by atoms with van der Waals surface area (Å²) in [7, 11) is 3.18. The molecule has 5 nitrogen and oxygen atoms in total. The fourth-order valence-corrected chi connectivity index (χ4v) is 2.45. The highest BCUT2D eigenvalue weighted by Gasteiger charge is 2.11. The molecule has 5 heteroatoms. The molecule has 0 bridgehead atoms. The molecule has 27 heavy (non-hydrogen) atoms. The number of nitrogens with zero attached hydrogens (tertiary/aromatic N) is 1. The molecule has 0 aliphatic rings. The molecule has 2 rings (SSSR count). The van der Waals surface area contributed by atoms with Crippen molar-refractivity contribution in [1.29, 1.82) is 0 Å². The van der Waals surface area contributed by atoms with Crippen molar-refractivity contribution in [2.75, 3.05) is 26.0 Å². The standard InChI is InChI=1S/C22H26N2O3/c1-16(2)18-8-5-17(6-9-18)7-14-22(26)24(3)15-21(25)23-19-10-12-20(27-4)13-11-19/h5-14,16H,15H2,1-4H3,(H,23,25)/b14-7+. The first-order valence-electron chi connectivity index (χ1n) is 8.86. The highest BCUT2D eigenvalue weighted by Crippen LogP contribution is 2.16. The van der Waals surface area contributed by atoms with E-state index < -0.39 is 0 Å². The topological polar surface area (TPSA) is 58.6 Å². The van der Waals surface area contributed by atoms with Crippen molar-refractivity contribution in [3.8, 4) is 5.75 Å². The van der Waals surface area contributed by atoms with Crippen molar-refractivity contribution in [2.45, 2.75) is 19.8 Å². The minimum Gasteiger partial charge on any atom is -0.497 e. The number of amides is 2. The second kappa shape index (κ2) is 9.57. The number of nitrogens with one attached hydrogen (secondary N) is 1. The van der Waals surface area contributed by atoms with E-state index in [9.17, 15) is 9.59 Å². The average Bonchev–Trinajstić information content (AvgIpc) is 2.66. The first kappa shape index (κ1) is 20.2. The monoisotopic (exact) mass is 366 g/mol. The molecular weight excluding hydrogens is 340 g/mol. The zero-order valence-corrected chi connectivity index (χ0v) is 16.2. The van der Waals surface area contributed by atoms with Crippen LogP contribution in [0.5, 0.6) is 5.75 Å². The lowest BCUT2D eigenvalue weighted by atomic mass is 10.0. The summed E-state index contributed by atoms with van der Waals surface area (Å²) in [6.07, 6.45) is 3.23. The quantitative estimate of drug-likeness (QED) is 0.756. The number of likely N-dealkylation sites (N-methyl/N-ethyl adjacent to an activating group) is 1. The van der Waals surface area contributed by atoms with Crippen LogP contribution in [0.25, 0.3) is 6.08 Å². The summed E-state index contributed by atoms with van der Waals surface area (Å²) in [6.45, 7) is 4.25. The zero-order chi connectivity index (χ0) is 19.8. The van der Waals surface area contributed by atoms with E-state index in [2.05, 4.69) is 31.3 Å². The Morgan fingerprint density at radius 3 is 2.26 bits per heavy atom. The second-order valence-corrected chi connectivity index (χ2v) is 6.63. The lowest BCUT2D eigenvalue weighted by Crippen LogP contribution is -2.33. The van der Waals surface area contributed by atoms with E-state index in [0.29, 0.717) is 17.4 Å². The third-order valence-corrected chi connectivity index (χ3v) is 4.15. The van der Waals surface area contributed by atoms with Gasteiger partial charge >= 0.3 is 0 Å².